The van der Waals surface area contributed by atoms with E-state index in [9.17, 15) is 10.2 Å². The zero-order chi connectivity index (χ0) is 12.7. The Kier molecular flexibility index (Phi) is 5.97. The summed E-state index contributed by atoms with van der Waals surface area (Å²) in [6.07, 6.45) is -1.24. The summed E-state index contributed by atoms with van der Waals surface area (Å²) in [7, 11) is 0. The molecule has 0 aliphatic rings. The molecule has 0 saturated carbocycles. The third-order valence-electron chi connectivity index (χ3n) is 2.31. The lowest BCUT2D eigenvalue weighted by atomic mass is 10.1. The minimum absolute atomic E-state index is 0.156. The number of para-hydroxylation sites is 1. The van der Waals surface area contributed by atoms with Crippen LogP contribution in [0.1, 0.15) is 25.5 Å². The molecule has 17 heavy (non-hydrogen) atoms. The van der Waals surface area contributed by atoms with Gasteiger partial charge in [0.25, 0.3) is 0 Å². The van der Waals surface area contributed by atoms with Gasteiger partial charge < -0.3 is 19.7 Å². The number of aliphatic hydroxyl groups is 2. The zero-order valence-corrected chi connectivity index (χ0v) is 10.3. The van der Waals surface area contributed by atoms with Gasteiger partial charge in [0.05, 0.1) is 12.7 Å². The van der Waals surface area contributed by atoms with E-state index in [1.165, 1.54) is 0 Å². The smallest absolute Gasteiger partial charge is 0.125 e. The van der Waals surface area contributed by atoms with Gasteiger partial charge >= 0.3 is 0 Å². The van der Waals surface area contributed by atoms with E-state index in [0.29, 0.717) is 12.4 Å². The standard InChI is InChI=1S/C13H20O4/c1-3-16-8-11(15)9-17-13-7-5-4-6-12(13)10(2)14/h4-7,10-11,14-15H,3,8-9H2,1-2H3/t10-,11?/m0/s1. The van der Waals surface area contributed by atoms with Gasteiger partial charge in [0.15, 0.2) is 0 Å². The molecule has 0 amide bonds. The predicted octanol–water partition coefficient (Wildman–Crippen LogP) is 1.52. The molecule has 2 N–H and O–H groups in total. The molecule has 0 radical (unpaired) electrons. The van der Waals surface area contributed by atoms with Crippen molar-refractivity contribution < 1.29 is 19.7 Å². The summed E-state index contributed by atoms with van der Waals surface area (Å²) in [5, 5.41) is 19.1. The molecule has 1 rings (SSSR count). The van der Waals surface area contributed by atoms with Crippen molar-refractivity contribution >= 4 is 0 Å². The van der Waals surface area contributed by atoms with Crippen LogP contribution in [0.2, 0.25) is 0 Å². The number of hydrogen-bond acceptors (Lipinski definition) is 4. The van der Waals surface area contributed by atoms with Crippen LogP contribution in [0.5, 0.6) is 5.75 Å². The van der Waals surface area contributed by atoms with Crippen molar-refractivity contribution in [3.8, 4) is 5.75 Å². The molecule has 2 atom stereocenters. The third kappa shape index (κ3) is 4.73. The molecule has 4 heteroatoms. The number of benzene rings is 1. The molecule has 0 saturated heterocycles. The average molecular weight is 240 g/mol. The van der Waals surface area contributed by atoms with E-state index < -0.39 is 12.2 Å². The summed E-state index contributed by atoms with van der Waals surface area (Å²) in [5.41, 5.74) is 0.719. The lowest BCUT2D eigenvalue weighted by Crippen LogP contribution is -2.23. The molecule has 0 aliphatic heterocycles. The average Bonchev–Trinajstić information content (AvgIpc) is 2.34. The van der Waals surface area contributed by atoms with E-state index in [1.54, 1.807) is 19.1 Å². The third-order valence-corrected chi connectivity index (χ3v) is 2.31. The molecule has 0 spiro atoms. The van der Waals surface area contributed by atoms with Gasteiger partial charge in [0.2, 0.25) is 0 Å². The van der Waals surface area contributed by atoms with E-state index in [0.717, 1.165) is 5.56 Å². The first-order valence-electron chi connectivity index (χ1n) is 5.80. The van der Waals surface area contributed by atoms with E-state index >= 15 is 0 Å². The summed E-state index contributed by atoms with van der Waals surface area (Å²) < 4.78 is 10.5. The molecule has 0 aliphatic carbocycles. The maximum absolute atomic E-state index is 9.56. The van der Waals surface area contributed by atoms with Gasteiger partial charge in [-0.2, -0.15) is 0 Å². The Morgan fingerprint density at radius 2 is 1.88 bits per heavy atom. The van der Waals surface area contributed by atoms with Crippen LogP contribution in [0.3, 0.4) is 0 Å². The monoisotopic (exact) mass is 240 g/mol. The number of aliphatic hydroxyl groups excluding tert-OH is 2. The van der Waals surface area contributed by atoms with Crippen LogP contribution in [0.25, 0.3) is 0 Å². The van der Waals surface area contributed by atoms with Crippen LogP contribution in [-0.4, -0.2) is 36.1 Å². The van der Waals surface area contributed by atoms with Crippen molar-refractivity contribution in [3.63, 3.8) is 0 Å². The molecular formula is C13H20O4. The van der Waals surface area contributed by atoms with E-state index in [2.05, 4.69) is 0 Å². The van der Waals surface area contributed by atoms with Crippen molar-refractivity contribution in [2.75, 3.05) is 19.8 Å². The summed E-state index contributed by atoms with van der Waals surface area (Å²) in [4.78, 5) is 0. The van der Waals surface area contributed by atoms with E-state index in [4.69, 9.17) is 9.47 Å². The van der Waals surface area contributed by atoms with Crippen LogP contribution >= 0.6 is 0 Å². The van der Waals surface area contributed by atoms with Crippen molar-refractivity contribution in [1.29, 1.82) is 0 Å². The zero-order valence-electron chi connectivity index (χ0n) is 10.3. The summed E-state index contributed by atoms with van der Waals surface area (Å²) in [6.45, 7) is 4.54. The van der Waals surface area contributed by atoms with Crippen molar-refractivity contribution in [1.82, 2.24) is 0 Å². The van der Waals surface area contributed by atoms with E-state index in [-0.39, 0.29) is 13.2 Å². The minimum atomic E-state index is -0.656. The Balaban J connectivity index is 2.51. The van der Waals surface area contributed by atoms with E-state index in [1.807, 2.05) is 19.1 Å². The molecule has 1 aromatic carbocycles. The highest BCUT2D eigenvalue weighted by atomic mass is 16.5. The van der Waals surface area contributed by atoms with Crippen LogP contribution in [-0.2, 0) is 4.74 Å². The summed E-state index contributed by atoms with van der Waals surface area (Å²) >= 11 is 0. The van der Waals surface area contributed by atoms with Crippen molar-refractivity contribution in [2.24, 2.45) is 0 Å². The molecule has 96 valence electrons. The Morgan fingerprint density at radius 1 is 1.18 bits per heavy atom. The lowest BCUT2D eigenvalue weighted by Gasteiger charge is -2.16. The van der Waals surface area contributed by atoms with Crippen molar-refractivity contribution in [2.45, 2.75) is 26.1 Å². The number of hydrogen-bond donors (Lipinski definition) is 2. The highest BCUT2D eigenvalue weighted by Gasteiger charge is 2.10. The molecular weight excluding hydrogens is 220 g/mol. The van der Waals surface area contributed by atoms with Crippen LogP contribution < -0.4 is 4.74 Å². The maximum Gasteiger partial charge on any atom is 0.125 e. The second-order valence-corrected chi connectivity index (χ2v) is 3.84. The molecule has 4 nitrogen and oxygen atoms in total. The quantitative estimate of drug-likeness (QED) is 0.758. The number of rotatable bonds is 7. The molecule has 0 heterocycles. The predicted molar refractivity (Wildman–Crippen MR) is 65.1 cm³/mol. The first-order valence-corrected chi connectivity index (χ1v) is 5.80. The normalized spacial score (nSPS) is 14.4. The fourth-order valence-corrected chi connectivity index (χ4v) is 1.45. The van der Waals surface area contributed by atoms with Gasteiger partial charge in [0.1, 0.15) is 18.5 Å². The molecule has 1 aromatic rings. The fourth-order valence-electron chi connectivity index (χ4n) is 1.45. The van der Waals surface area contributed by atoms with Crippen LogP contribution in [0.4, 0.5) is 0 Å². The molecule has 0 bridgehead atoms. The van der Waals surface area contributed by atoms with Crippen LogP contribution in [0, 0.1) is 0 Å². The first-order chi connectivity index (χ1) is 8.15. The fraction of sp³-hybridized carbons (Fsp3) is 0.538. The first kappa shape index (κ1) is 14.0. The Bertz CT molecular complexity index is 325. The summed E-state index contributed by atoms with van der Waals surface area (Å²) in [6, 6.07) is 7.24. The largest absolute Gasteiger partial charge is 0.490 e. The topological polar surface area (TPSA) is 58.9 Å². The highest BCUT2D eigenvalue weighted by Crippen LogP contribution is 2.24. The van der Waals surface area contributed by atoms with Gasteiger partial charge in [-0.15, -0.1) is 0 Å². The van der Waals surface area contributed by atoms with Crippen LogP contribution in [0.15, 0.2) is 24.3 Å². The van der Waals surface area contributed by atoms with Gasteiger partial charge in [-0.25, -0.2) is 0 Å². The minimum Gasteiger partial charge on any atom is -0.490 e. The Morgan fingerprint density at radius 3 is 2.53 bits per heavy atom. The highest BCUT2D eigenvalue weighted by molar-refractivity contribution is 5.34. The summed E-state index contributed by atoms with van der Waals surface area (Å²) in [5.74, 6) is 0.595. The number of ether oxygens (including phenoxy) is 2. The Labute approximate surface area is 102 Å². The molecule has 0 fully saturated rings. The molecule has 0 aromatic heterocycles. The lowest BCUT2D eigenvalue weighted by molar-refractivity contribution is 0.0158. The SMILES string of the molecule is CCOCC(O)COc1ccccc1[C@H](C)O. The Hall–Kier alpha value is -1.10. The van der Waals surface area contributed by atoms with Gasteiger partial charge in [-0.3, -0.25) is 0 Å². The van der Waals surface area contributed by atoms with Gasteiger partial charge in [0, 0.05) is 12.2 Å². The second kappa shape index (κ2) is 7.27. The van der Waals surface area contributed by atoms with Gasteiger partial charge in [-0.1, -0.05) is 18.2 Å². The van der Waals surface area contributed by atoms with Gasteiger partial charge in [-0.05, 0) is 19.9 Å². The maximum atomic E-state index is 9.56. The molecule has 1 unspecified atom stereocenters. The second-order valence-electron chi connectivity index (χ2n) is 3.84. The van der Waals surface area contributed by atoms with Crippen molar-refractivity contribution in [3.05, 3.63) is 29.8 Å².